The molecule has 0 radical (unpaired) electrons. The van der Waals surface area contributed by atoms with E-state index in [9.17, 15) is 0 Å². The van der Waals surface area contributed by atoms with Gasteiger partial charge < -0.3 is 14.6 Å². The van der Waals surface area contributed by atoms with Crippen molar-refractivity contribution in [2.45, 2.75) is 20.3 Å². The van der Waals surface area contributed by atoms with E-state index in [1.165, 1.54) is 0 Å². The molecule has 0 spiro atoms. The standard InChI is InChI=1S/C16H22O3/c1-14(2)13-18-11-12-19-16-8-6-15(7-9-16)5-3-4-10-17/h6-9,14,17H,4,10-13H2,1-2H3. The first kappa shape index (κ1) is 15.6. The maximum absolute atomic E-state index is 8.63. The fourth-order valence-electron chi connectivity index (χ4n) is 1.39. The Hall–Kier alpha value is -1.50. The van der Waals surface area contributed by atoms with Gasteiger partial charge >= 0.3 is 0 Å². The Morgan fingerprint density at radius 2 is 1.89 bits per heavy atom. The van der Waals surface area contributed by atoms with E-state index < -0.39 is 0 Å². The van der Waals surface area contributed by atoms with Crippen molar-refractivity contribution < 1.29 is 14.6 Å². The highest BCUT2D eigenvalue weighted by Crippen LogP contribution is 2.11. The van der Waals surface area contributed by atoms with Gasteiger partial charge in [-0.3, -0.25) is 0 Å². The van der Waals surface area contributed by atoms with E-state index in [1.807, 2.05) is 24.3 Å². The molecular formula is C16H22O3. The first-order valence-corrected chi connectivity index (χ1v) is 6.62. The zero-order valence-corrected chi connectivity index (χ0v) is 11.7. The molecule has 104 valence electrons. The lowest BCUT2D eigenvalue weighted by Gasteiger charge is -2.08. The molecule has 0 unspecified atom stereocenters. The fourth-order valence-corrected chi connectivity index (χ4v) is 1.39. The van der Waals surface area contributed by atoms with Gasteiger partial charge in [0.25, 0.3) is 0 Å². The second-order valence-electron chi connectivity index (χ2n) is 4.62. The molecular weight excluding hydrogens is 240 g/mol. The molecule has 3 nitrogen and oxygen atoms in total. The summed E-state index contributed by atoms with van der Waals surface area (Å²) in [6.07, 6.45) is 0.505. The SMILES string of the molecule is CC(C)COCCOc1ccc(C#CCCO)cc1. The summed E-state index contributed by atoms with van der Waals surface area (Å²) in [7, 11) is 0. The third kappa shape index (κ3) is 7.50. The maximum atomic E-state index is 8.63. The molecule has 0 aliphatic carbocycles. The van der Waals surface area contributed by atoms with E-state index in [4.69, 9.17) is 14.6 Å². The second kappa shape index (κ2) is 9.43. The van der Waals surface area contributed by atoms with Crippen LogP contribution in [0.15, 0.2) is 24.3 Å². The van der Waals surface area contributed by atoms with Crippen LogP contribution in [0.25, 0.3) is 0 Å². The predicted octanol–water partition coefficient (Wildman–Crippen LogP) is 2.47. The molecule has 0 bridgehead atoms. The Balaban J connectivity index is 2.27. The molecule has 19 heavy (non-hydrogen) atoms. The molecule has 0 aromatic heterocycles. The molecule has 1 N–H and O–H groups in total. The summed E-state index contributed by atoms with van der Waals surface area (Å²) in [5.74, 6) is 7.22. The number of aliphatic hydroxyl groups is 1. The molecule has 0 saturated carbocycles. The molecule has 0 saturated heterocycles. The summed E-state index contributed by atoms with van der Waals surface area (Å²) in [5, 5.41) is 8.63. The van der Waals surface area contributed by atoms with Gasteiger partial charge in [0, 0.05) is 18.6 Å². The molecule has 0 fully saturated rings. The molecule has 1 aromatic rings. The van der Waals surface area contributed by atoms with Crippen molar-refractivity contribution in [2.75, 3.05) is 26.4 Å². The number of rotatable bonds is 7. The van der Waals surface area contributed by atoms with Gasteiger partial charge in [-0.25, -0.2) is 0 Å². The number of hydrogen-bond donors (Lipinski definition) is 1. The predicted molar refractivity (Wildman–Crippen MR) is 76.2 cm³/mol. The van der Waals surface area contributed by atoms with E-state index in [1.54, 1.807) is 0 Å². The van der Waals surface area contributed by atoms with Crippen LogP contribution >= 0.6 is 0 Å². The minimum absolute atomic E-state index is 0.102. The van der Waals surface area contributed by atoms with Crippen molar-refractivity contribution in [2.24, 2.45) is 5.92 Å². The summed E-state index contributed by atoms with van der Waals surface area (Å²) >= 11 is 0. The molecule has 0 atom stereocenters. The van der Waals surface area contributed by atoms with Crippen molar-refractivity contribution in [1.29, 1.82) is 0 Å². The molecule has 1 rings (SSSR count). The van der Waals surface area contributed by atoms with Crippen LogP contribution in [0.1, 0.15) is 25.8 Å². The molecule has 1 aromatic carbocycles. The van der Waals surface area contributed by atoms with Gasteiger partial charge in [0.2, 0.25) is 0 Å². The topological polar surface area (TPSA) is 38.7 Å². The van der Waals surface area contributed by atoms with Gasteiger partial charge in [-0.1, -0.05) is 25.7 Å². The number of aliphatic hydroxyl groups excluding tert-OH is 1. The van der Waals surface area contributed by atoms with Crippen LogP contribution < -0.4 is 4.74 Å². The summed E-state index contributed by atoms with van der Waals surface area (Å²) in [6, 6.07) is 7.61. The van der Waals surface area contributed by atoms with Crippen LogP contribution in [0.4, 0.5) is 0 Å². The molecule has 0 heterocycles. The highest BCUT2D eigenvalue weighted by molar-refractivity contribution is 5.38. The average Bonchev–Trinajstić information content (AvgIpc) is 2.40. The summed E-state index contributed by atoms with van der Waals surface area (Å²) in [6.45, 7) is 6.28. The summed E-state index contributed by atoms with van der Waals surface area (Å²) < 4.78 is 11.0. The zero-order chi connectivity index (χ0) is 13.9. The molecule has 0 aliphatic rings. The van der Waals surface area contributed by atoms with E-state index in [2.05, 4.69) is 25.7 Å². The number of hydrogen-bond acceptors (Lipinski definition) is 3. The molecule has 0 amide bonds. The van der Waals surface area contributed by atoms with Crippen LogP contribution in [0.2, 0.25) is 0 Å². The smallest absolute Gasteiger partial charge is 0.119 e. The van der Waals surface area contributed by atoms with Crippen molar-refractivity contribution in [3.8, 4) is 17.6 Å². The van der Waals surface area contributed by atoms with E-state index in [0.717, 1.165) is 17.9 Å². The Labute approximate surface area is 115 Å². The van der Waals surface area contributed by atoms with E-state index in [0.29, 0.717) is 25.6 Å². The molecule has 0 aliphatic heterocycles. The summed E-state index contributed by atoms with van der Waals surface area (Å²) in [4.78, 5) is 0. The minimum atomic E-state index is 0.102. The lowest BCUT2D eigenvalue weighted by atomic mass is 10.2. The Kier molecular flexibility index (Phi) is 7.72. The third-order valence-electron chi connectivity index (χ3n) is 2.27. The zero-order valence-electron chi connectivity index (χ0n) is 11.7. The van der Waals surface area contributed by atoms with Crippen LogP contribution in [0.3, 0.4) is 0 Å². The van der Waals surface area contributed by atoms with Gasteiger partial charge in [0.15, 0.2) is 0 Å². The van der Waals surface area contributed by atoms with Crippen molar-refractivity contribution in [1.82, 2.24) is 0 Å². The highest BCUT2D eigenvalue weighted by atomic mass is 16.5. The lowest BCUT2D eigenvalue weighted by Crippen LogP contribution is -2.10. The Bertz CT molecular complexity index is 398. The average molecular weight is 262 g/mol. The van der Waals surface area contributed by atoms with Gasteiger partial charge in [-0.2, -0.15) is 0 Å². The Morgan fingerprint density at radius 3 is 2.53 bits per heavy atom. The number of ether oxygens (including phenoxy) is 2. The number of benzene rings is 1. The first-order chi connectivity index (χ1) is 9.22. The van der Waals surface area contributed by atoms with Gasteiger partial charge in [0.05, 0.1) is 13.2 Å². The van der Waals surface area contributed by atoms with E-state index >= 15 is 0 Å². The van der Waals surface area contributed by atoms with Crippen LogP contribution in [-0.4, -0.2) is 31.5 Å². The second-order valence-corrected chi connectivity index (χ2v) is 4.62. The van der Waals surface area contributed by atoms with Crippen molar-refractivity contribution in [3.63, 3.8) is 0 Å². The summed E-state index contributed by atoms with van der Waals surface area (Å²) in [5.41, 5.74) is 0.928. The quantitative estimate of drug-likeness (QED) is 0.606. The fraction of sp³-hybridized carbons (Fsp3) is 0.500. The maximum Gasteiger partial charge on any atom is 0.119 e. The van der Waals surface area contributed by atoms with E-state index in [-0.39, 0.29) is 6.61 Å². The first-order valence-electron chi connectivity index (χ1n) is 6.62. The lowest BCUT2D eigenvalue weighted by molar-refractivity contribution is 0.0819. The van der Waals surface area contributed by atoms with Gasteiger partial charge in [-0.05, 0) is 30.2 Å². The monoisotopic (exact) mass is 262 g/mol. The van der Waals surface area contributed by atoms with Gasteiger partial charge in [-0.15, -0.1) is 0 Å². The van der Waals surface area contributed by atoms with Gasteiger partial charge in [0.1, 0.15) is 12.4 Å². The molecule has 3 heteroatoms. The largest absolute Gasteiger partial charge is 0.491 e. The minimum Gasteiger partial charge on any atom is -0.491 e. The van der Waals surface area contributed by atoms with Crippen molar-refractivity contribution in [3.05, 3.63) is 29.8 Å². The van der Waals surface area contributed by atoms with Crippen LogP contribution in [-0.2, 0) is 4.74 Å². The normalized spacial score (nSPS) is 10.1. The third-order valence-corrected chi connectivity index (χ3v) is 2.27. The van der Waals surface area contributed by atoms with Crippen molar-refractivity contribution >= 4 is 0 Å². The highest BCUT2D eigenvalue weighted by Gasteiger charge is 1.96. The van der Waals surface area contributed by atoms with Crippen LogP contribution in [0, 0.1) is 17.8 Å². The van der Waals surface area contributed by atoms with Crippen LogP contribution in [0.5, 0.6) is 5.75 Å². The Morgan fingerprint density at radius 1 is 1.16 bits per heavy atom.